The molecule has 0 radical (unpaired) electrons. The molecule has 1 spiro atoms. The molecule has 3 aliphatic carbocycles. The van der Waals surface area contributed by atoms with Gasteiger partial charge in [0.15, 0.2) is 0 Å². The molecule has 4 unspecified atom stereocenters. The lowest BCUT2D eigenvalue weighted by Crippen LogP contribution is -2.58. The zero-order chi connectivity index (χ0) is 13.3. The van der Waals surface area contributed by atoms with E-state index in [0.717, 1.165) is 12.3 Å². The summed E-state index contributed by atoms with van der Waals surface area (Å²) in [7, 11) is 0. The van der Waals surface area contributed by atoms with E-state index >= 15 is 0 Å². The van der Waals surface area contributed by atoms with Gasteiger partial charge in [0.05, 0.1) is 12.2 Å². The van der Waals surface area contributed by atoms with Crippen LogP contribution in [0.15, 0.2) is 0 Å². The SMILES string of the molecule is CCC1CCCCC1OC1CC(Cl)C12CCCCC2. The first-order valence-corrected chi connectivity index (χ1v) is 8.99. The van der Waals surface area contributed by atoms with Crippen LogP contribution in [0.1, 0.15) is 77.6 Å². The molecule has 1 nitrogen and oxygen atoms in total. The molecule has 0 aromatic rings. The number of halogens is 1. The Kier molecular flexibility index (Phi) is 4.43. The second-order valence-corrected chi connectivity index (χ2v) is 7.64. The fraction of sp³-hybridized carbons (Fsp3) is 1.00. The Hall–Kier alpha value is 0.250. The minimum Gasteiger partial charge on any atom is -0.374 e. The molecule has 4 atom stereocenters. The van der Waals surface area contributed by atoms with Gasteiger partial charge in [0.25, 0.3) is 0 Å². The number of hydrogen-bond donors (Lipinski definition) is 0. The summed E-state index contributed by atoms with van der Waals surface area (Å²) in [6.45, 7) is 2.33. The molecule has 0 saturated heterocycles. The van der Waals surface area contributed by atoms with Gasteiger partial charge in [-0.05, 0) is 38.0 Å². The fourth-order valence-corrected chi connectivity index (χ4v) is 5.29. The van der Waals surface area contributed by atoms with Crippen LogP contribution in [-0.2, 0) is 4.74 Å². The maximum Gasteiger partial charge on any atom is 0.0663 e. The van der Waals surface area contributed by atoms with Gasteiger partial charge in [-0.2, -0.15) is 0 Å². The van der Waals surface area contributed by atoms with E-state index in [1.54, 1.807) is 0 Å². The van der Waals surface area contributed by atoms with Crippen LogP contribution < -0.4 is 0 Å². The van der Waals surface area contributed by atoms with E-state index in [0.29, 0.717) is 23.0 Å². The highest BCUT2D eigenvalue weighted by atomic mass is 35.5. The van der Waals surface area contributed by atoms with Gasteiger partial charge in [-0.15, -0.1) is 11.6 Å². The van der Waals surface area contributed by atoms with Crippen LogP contribution in [0.3, 0.4) is 0 Å². The maximum atomic E-state index is 6.61. The van der Waals surface area contributed by atoms with Crippen LogP contribution in [0, 0.1) is 11.3 Å². The minimum absolute atomic E-state index is 0.357. The summed E-state index contributed by atoms with van der Waals surface area (Å²) in [5, 5.41) is 0.390. The molecule has 3 aliphatic rings. The lowest BCUT2D eigenvalue weighted by molar-refractivity contribution is -0.171. The predicted octanol–water partition coefficient (Wildman–Crippen LogP) is 5.30. The zero-order valence-electron chi connectivity index (χ0n) is 12.4. The number of alkyl halides is 1. The highest BCUT2D eigenvalue weighted by molar-refractivity contribution is 6.21. The molecule has 3 fully saturated rings. The van der Waals surface area contributed by atoms with Gasteiger partial charge in [-0.25, -0.2) is 0 Å². The number of rotatable bonds is 3. The molecular formula is C17H29ClO. The van der Waals surface area contributed by atoms with Gasteiger partial charge in [0.1, 0.15) is 0 Å². The van der Waals surface area contributed by atoms with E-state index in [-0.39, 0.29) is 0 Å². The van der Waals surface area contributed by atoms with Crippen molar-refractivity contribution >= 4 is 11.6 Å². The van der Waals surface area contributed by atoms with Crippen molar-refractivity contribution < 1.29 is 4.74 Å². The summed E-state index contributed by atoms with van der Waals surface area (Å²) in [4.78, 5) is 0. The summed E-state index contributed by atoms with van der Waals surface area (Å²) in [6, 6.07) is 0. The van der Waals surface area contributed by atoms with E-state index < -0.39 is 0 Å². The Morgan fingerprint density at radius 3 is 2.47 bits per heavy atom. The van der Waals surface area contributed by atoms with Crippen LogP contribution in [-0.4, -0.2) is 17.6 Å². The zero-order valence-corrected chi connectivity index (χ0v) is 13.1. The molecule has 0 N–H and O–H groups in total. The van der Waals surface area contributed by atoms with E-state index in [1.807, 2.05) is 0 Å². The van der Waals surface area contributed by atoms with Crippen LogP contribution in [0.5, 0.6) is 0 Å². The van der Waals surface area contributed by atoms with E-state index in [9.17, 15) is 0 Å². The quantitative estimate of drug-likeness (QED) is 0.639. The van der Waals surface area contributed by atoms with Crippen molar-refractivity contribution in [1.29, 1.82) is 0 Å². The van der Waals surface area contributed by atoms with Crippen molar-refractivity contribution in [2.75, 3.05) is 0 Å². The molecular weight excluding hydrogens is 256 g/mol. The van der Waals surface area contributed by atoms with Crippen LogP contribution in [0.25, 0.3) is 0 Å². The summed E-state index contributed by atoms with van der Waals surface area (Å²) in [5.41, 5.74) is 0.357. The van der Waals surface area contributed by atoms with Crippen LogP contribution in [0.2, 0.25) is 0 Å². The smallest absolute Gasteiger partial charge is 0.0663 e. The van der Waals surface area contributed by atoms with Gasteiger partial charge in [0.2, 0.25) is 0 Å². The molecule has 3 rings (SSSR count). The Morgan fingerprint density at radius 1 is 1.05 bits per heavy atom. The third kappa shape index (κ3) is 2.58. The van der Waals surface area contributed by atoms with E-state index in [4.69, 9.17) is 16.3 Å². The van der Waals surface area contributed by atoms with Crippen molar-refractivity contribution in [3.63, 3.8) is 0 Å². The molecule has 0 aromatic heterocycles. The van der Waals surface area contributed by atoms with Crippen molar-refractivity contribution in [3.8, 4) is 0 Å². The Labute approximate surface area is 123 Å². The normalized spacial score (nSPS) is 42.0. The van der Waals surface area contributed by atoms with Crippen LogP contribution in [0.4, 0.5) is 0 Å². The predicted molar refractivity (Wildman–Crippen MR) is 80.7 cm³/mol. The fourth-order valence-electron chi connectivity index (χ4n) is 4.77. The van der Waals surface area contributed by atoms with Gasteiger partial charge >= 0.3 is 0 Å². The van der Waals surface area contributed by atoms with Gasteiger partial charge < -0.3 is 4.74 Å². The Morgan fingerprint density at radius 2 is 1.79 bits per heavy atom. The van der Waals surface area contributed by atoms with Crippen molar-refractivity contribution in [2.45, 2.75) is 95.1 Å². The molecule has 110 valence electrons. The standard InChI is InChI=1S/C17H29ClO/c1-2-13-8-4-5-9-14(13)19-16-12-15(18)17(16)10-6-3-7-11-17/h13-16H,2-12H2,1H3. The monoisotopic (exact) mass is 284 g/mol. The molecule has 0 amide bonds. The van der Waals surface area contributed by atoms with E-state index in [1.165, 1.54) is 64.2 Å². The number of hydrogen-bond acceptors (Lipinski definition) is 1. The molecule has 0 aliphatic heterocycles. The lowest BCUT2D eigenvalue weighted by atomic mass is 9.58. The molecule has 2 heteroatoms. The molecule has 0 bridgehead atoms. The number of ether oxygens (including phenoxy) is 1. The van der Waals surface area contributed by atoms with Gasteiger partial charge in [0, 0.05) is 10.8 Å². The summed E-state index contributed by atoms with van der Waals surface area (Å²) in [6.07, 6.45) is 15.6. The second-order valence-electron chi connectivity index (χ2n) is 7.11. The highest BCUT2D eigenvalue weighted by Crippen LogP contribution is 2.56. The van der Waals surface area contributed by atoms with Crippen molar-refractivity contribution in [3.05, 3.63) is 0 Å². The Bertz CT molecular complexity index is 298. The van der Waals surface area contributed by atoms with Crippen LogP contribution >= 0.6 is 11.6 Å². The topological polar surface area (TPSA) is 9.23 Å². The average molecular weight is 285 g/mol. The largest absolute Gasteiger partial charge is 0.374 e. The second kappa shape index (κ2) is 5.93. The van der Waals surface area contributed by atoms with Gasteiger partial charge in [-0.1, -0.05) is 45.4 Å². The molecule has 0 heterocycles. The van der Waals surface area contributed by atoms with Crippen molar-refractivity contribution in [1.82, 2.24) is 0 Å². The molecule has 19 heavy (non-hydrogen) atoms. The van der Waals surface area contributed by atoms with E-state index in [2.05, 4.69) is 6.92 Å². The highest BCUT2D eigenvalue weighted by Gasteiger charge is 2.55. The Balaban J connectivity index is 1.62. The lowest BCUT2D eigenvalue weighted by Gasteiger charge is -2.56. The first-order chi connectivity index (χ1) is 9.26. The molecule has 0 aromatic carbocycles. The maximum absolute atomic E-state index is 6.61. The van der Waals surface area contributed by atoms with Crippen molar-refractivity contribution in [2.24, 2.45) is 11.3 Å². The van der Waals surface area contributed by atoms with Gasteiger partial charge in [-0.3, -0.25) is 0 Å². The summed E-state index contributed by atoms with van der Waals surface area (Å²) < 4.78 is 6.61. The summed E-state index contributed by atoms with van der Waals surface area (Å²) >= 11 is 6.59. The first kappa shape index (κ1) is 14.2. The minimum atomic E-state index is 0.357. The first-order valence-electron chi connectivity index (χ1n) is 8.56. The molecule has 3 saturated carbocycles. The summed E-state index contributed by atoms with van der Waals surface area (Å²) in [5.74, 6) is 0.809. The third-order valence-corrected chi connectivity index (χ3v) is 6.79. The average Bonchev–Trinajstić information content (AvgIpc) is 2.48. The third-order valence-electron chi connectivity index (χ3n) is 6.17.